The van der Waals surface area contributed by atoms with Gasteiger partial charge in [0.2, 0.25) is 0 Å². The first-order valence-electron chi connectivity index (χ1n) is 8.48. The van der Waals surface area contributed by atoms with Gasteiger partial charge in [0.1, 0.15) is 5.39 Å². The smallest absolute Gasteiger partial charge is 0.332 e. The molecule has 1 aliphatic rings. The Morgan fingerprint density at radius 2 is 2.00 bits per heavy atom. The molecule has 0 atom stereocenters. The van der Waals surface area contributed by atoms with Crippen molar-refractivity contribution in [2.75, 3.05) is 11.9 Å². The zero-order chi connectivity index (χ0) is 17.3. The van der Waals surface area contributed by atoms with E-state index in [1.807, 2.05) is 6.92 Å². The minimum atomic E-state index is -0.359. The Morgan fingerprint density at radius 3 is 2.71 bits per heavy atom. The number of rotatable bonds is 4. The van der Waals surface area contributed by atoms with Gasteiger partial charge in [-0.1, -0.05) is 11.6 Å². The normalized spacial score (nSPS) is 14.7. The highest BCUT2D eigenvalue weighted by molar-refractivity contribution is 5.89. The number of hydrogen-bond donors (Lipinski definition) is 1. The Labute approximate surface area is 140 Å². The van der Waals surface area contributed by atoms with Crippen LogP contribution in [-0.4, -0.2) is 20.7 Å². The lowest BCUT2D eigenvalue weighted by Gasteiger charge is -2.16. The molecule has 2 heterocycles. The van der Waals surface area contributed by atoms with Crippen molar-refractivity contribution in [3.8, 4) is 0 Å². The van der Waals surface area contributed by atoms with Gasteiger partial charge in [-0.15, -0.1) is 0 Å². The molecule has 0 fully saturated rings. The van der Waals surface area contributed by atoms with E-state index in [0.717, 1.165) is 28.8 Å². The zero-order valence-corrected chi connectivity index (χ0v) is 14.6. The van der Waals surface area contributed by atoms with E-state index in [1.165, 1.54) is 42.9 Å². The van der Waals surface area contributed by atoms with Crippen molar-refractivity contribution in [1.29, 1.82) is 0 Å². The Hall–Kier alpha value is -2.37. The molecule has 0 spiro atoms. The predicted molar refractivity (Wildman–Crippen MR) is 96.6 cm³/mol. The largest absolute Gasteiger partial charge is 0.384 e. The van der Waals surface area contributed by atoms with Gasteiger partial charge >= 0.3 is 5.69 Å². The predicted octanol–water partition coefficient (Wildman–Crippen LogP) is 2.24. The molecule has 0 amide bonds. The van der Waals surface area contributed by atoms with Gasteiger partial charge in [-0.05, 0) is 44.6 Å². The average molecular weight is 328 g/mol. The van der Waals surface area contributed by atoms with Crippen LogP contribution in [0.2, 0.25) is 0 Å². The van der Waals surface area contributed by atoms with E-state index in [4.69, 9.17) is 0 Å². The molecule has 0 saturated carbocycles. The molecule has 2 aromatic rings. The van der Waals surface area contributed by atoms with Crippen LogP contribution in [0.5, 0.6) is 0 Å². The summed E-state index contributed by atoms with van der Waals surface area (Å²) in [5, 5.41) is 3.89. The molecular weight excluding hydrogens is 304 g/mol. The molecule has 1 N–H and O–H groups in total. The molecule has 0 aromatic carbocycles. The maximum absolute atomic E-state index is 12.6. The van der Waals surface area contributed by atoms with Crippen LogP contribution in [0.15, 0.2) is 27.4 Å². The van der Waals surface area contributed by atoms with E-state index in [2.05, 4.69) is 16.4 Å². The van der Waals surface area contributed by atoms with Crippen LogP contribution in [0.25, 0.3) is 11.0 Å². The summed E-state index contributed by atoms with van der Waals surface area (Å²) in [6, 6.07) is 0. The molecule has 2 aromatic heterocycles. The maximum Gasteiger partial charge on any atom is 0.332 e. The highest BCUT2D eigenvalue weighted by atomic mass is 16.2. The van der Waals surface area contributed by atoms with Crippen LogP contribution >= 0.6 is 0 Å². The number of nitrogens with one attached hydrogen (secondary N) is 1. The highest BCUT2D eigenvalue weighted by Crippen LogP contribution is 2.23. The quantitative estimate of drug-likeness (QED) is 0.874. The molecule has 0 aliphatic heterocycles. The molecule has 1 aliphatic carbocycles. The lowest BCUT2D eigenvalue weighted by molar-refractivity contribution is 0.679. The molecule has 6 heteroatoms. The van der Waals surface area contributed by atoms with Crippen LogP contribution < -0.4 is 16.6 Å². The van der Waals surface area contributed by atoms with E-state index in [-0.39, 0.29) is 11.2 Å². The fraction of sp³-hybridized carbons (Fsp3) is 0.500. The van der Waals surface area contributed by atoms with Crippen molar-refractivity contribution < 1.29 is 0 Å². The van der Waals surface area contributed by atoms with Crippen molar-refractivity contribution in [3.05, 3.63) is 44.2 Å². The molecule has 0 radical (unpaired) electrons. The van der Waals surface area contributed by atoms with Gasteiger partial charge in [0, 0.05) is 26.8 Å². The average Bonchev–Trinajstić information content (AvgIpc) is 2.60. The molecule has 128 valence electrons. The number of anilines is 1. The van der Waals surface area contributed by atoms with Crippen LogP contribution in [0, 0.1) is 6.92 Å². The number of hydrogen-bond acceptors (Lipinski definition) is 4. The standard InChI is InChI=1S/C18H24N4O2/c1-12-11-20-16-14(17(23)22(3)18(24)21(16)2)15(12)19-10-9-13-7-5-4-6-8-13/h7,11H,4-6,8-10H2,1-3H3,(H,19,20). The Bertz CT molecular complexity index is 921. The van der Waals surface area contributed by atoms with Gasteiger partial charge in [0.15, 0.2) is 5.65 Å². The summed E-state index contributed by atoms with van der Waals surface area (Å²) in [6.45, 7) is 2.71. The van der Waals surface area contributed by atoms with Gasteiger partial charge in [0.05, 0.1) is 5.69 Å². The van der Waals surface area contributed by atoms with Gasteiger partial charge in [-0.25, -0.2) is 9.78 Å². The monoisotopic (exact) mass is 328 g/mol. The second-order valence-corrected chi connectivity index (χ2v) is 6.51. The van der Waals surface area contributed by atoms with Crippen LogP contribution in [0.3, 0.4) is 0 Å². The summed E-state index contributed by atoms with van der Waals surface area (Å²) in [5.41, 5.74) is 2.95. The first-order valence-corrected chi connectivity index (χ1v) is 8.48. The lowest BCUT2D eigenvalue weighted by Crippen LogP contribution is -2.37. The summed E-state index contributed by atoms with van der Waals surface area (Å²) in [7, 11) is 3.14. The van der Waals surface area contributed by atoms with Crippen molar-refractivity contribution in [2.45, 2.75) is 39.0 Å². The minimum Gasteiger partial charge on any atom is -0.384 e. The number of aryl methyl sites for hydroxylation is 2. The van der Waals surface area contributed by atoms with E-state index in [9.17, 15) is 9.59 Å². The molecule has 6 nitrogen and oxygen atoms in total. The van der Waals surface area contributed by atoms with Crippen molar-refractivity contribution >= 4 is 16.7 Å². The molecule has 24 heavy (non-hydrogen) atoms. The molecule has 3 rings (SSSR count). The van der Waals surface area contributed by atoms with Crippen molar-refractivity contribution in [3.63, 3.8) is 0 Å². The van der Waals surface area contributed by atoms with Gasteiger partial charge in [-0.2, -0.15) is 0 Å². The summed E-state index contributed by atoms with van der Waals surface area (Å²) >= 11 is 0. The molecular formula is C18H24N4O2. The Balaban J connectivity index is 1.98. The molecule has 0 unspecified atom stereocenters. The highest BCUT2D eigenvalue weighted by Gasteiger charge is 2.15. The van der Waals surface area contributed by atoms with Gasteiger partial charge in [0.25, 0.3) is 5.56 Å². The summed E-state index contributed by atoms with van der Waals surface area (Å²) in [4.78, 5) is 29.0. The van der Waals surface area contributed by atoms with E-state index in [1.54, 1.807) is 13.2 Å². The first kappa shape index (κ1) is 16.5. The van der Waals surface area contributed by atoms with Crippen LogP contribution in [0.1, 0.15) is 37.7 Å². The first-order chi connectivity index (χ1) is 11.5. The lowest BCUT2D eigenvalue weighted by atomic mass is 9.97. The third-order valence-electron chi connectivity index (χ3n) is 4.79. The Morgan fingerprint density at radius 1 is 1.21 bits per heavy atom. The van der Waals surface area contributed by atoms with Gasteiger partial charge < -0.3 is 5.32 Å². The molecule has 0 bridgehead atoms. The fourth-order valence-electron chi connectivity index (χ4n) is 3.33. The number of pyridine rings is 1. The van der Waals surface area contributed by atoms with Crippen LogP contribution in [0.4, 0.5) is 5.69 Å². The number of fused-ring (bicyclic) bond motifs is 1. The van der Waals surface area contributed by atoms with Crippen molar-refractivity contribution in [2.24, 2.45) is 14.1 Å². The number of aromatic nitrogens is 3. The number of allylic oxidation sites excluding steroid dienone is 1. The van der Waals surface area contributed by atoms with Gasteiger partial charge in [-0.3, -0.25) is 13.9 Å². The van der Waals surface area contributed by atoms with E-state index >= 15 is 0 Å². The third kappa shape index (κ3) is 2.88. The number of nitrogens with zero attached hydrogens (tertiary/aromatic N) is 3. The topological polar surface area (TPSA) is 68.9 Å². The molecule has 0 saturated heterocycles. The minimum absolute atomic E-state index is 0.302. The summed E-state index contributed by atoms with van der Waals surface area (Å²) < 4.78 is 2.56. The third-order valence-corrected chi connectivity index (χ3v) is 4.79. The zero-order valence-electron chi connectivity index (χ0n) is 14.6. The fourth-order valence-corrected chi connectivity index (χ4v) is 3.33. The van der Waals surface area contributed by atoms with Crippen molar-refractivity contribution in [1.82, 2.24) is 14.1 Å². The summed E-state index contributed by atoms with van der Waals surface area (Å²) in [5.74, 6) is 0. The SMILES string of the molecule is Cc1cnc2c(c1NCCC1=CCCCC1)c(=O)n(C)c(=O)n2C. The van der Waals surface area contributed by atoms with Crippen LogP contribution in [-0.2, 0) is 14.1 Å². The second kappa shape index (κ2) is 6.63. The van der Waals surface area contributed by atoms with E-state index in [0.29, 0.717) is 11.0 Å². The summed E-state index contributed by atoms with van der Waals surface area (Å²) in [6.07, 6.45) is 9.94. The maximum atomic E-state index is 12.6. The Kier molecular flexibility index (Phi) is 4.55. The van der Waals surface area contributed by atoms with E-state index < -0.39 is 0 Å². The second-order valence-electron chi connectivity index (χ2n) is 6.51.